The fourth-order valence-corrected chi connectivity index (χ4v) is 1.76. The van der Waals surface area contributed by atoms with E-state index in [0.29, 0.717) is 0 Å². The highest BCUT2D eigenvalue weighted by molar-refractivity contribution is 4.78. The molecule has 0 aromatic rings. The fourth-order valence-electron chi connectivity index (χ4n) is 1.76. The van der Waals surface area contributed by atoms with Crippen LogP contribution in [0.5, 0.6) is 0 Å². The molecule has 1 fully saturated rings. The minimum atomic E-state index is 0.727. The summed E-state index contributed by atoms with van der Waals surface area (Å²) in [4.78, 5) is 2.41. The lowest BCUT2D eigenvalue weighted by Gasteiger charge is -2.18. The van der Waals surface area contributed by atoms with Crippen molar-refractivity contribution in [3.8, 4) is 6.07 Å². The molecule has 0 aromatic carbocycles. The summed E-state index contributed by atoms with van der Waals surface area (Å²) in [5.41, 5.74) is 0. The van der Waals surface area contributed by atoms with Gasteiger partial charge in [-0.1, -0.05) is 0 Å². The topological polar surface area (TPSA) is 27.0 Å². The van der Waals surface area contributed by atoms with Gasteiger partial charge in [-0.2, -0.15) is 5.26 Å². The van der Waals surface area contributed by atoms with E-state index in [4.69, 9.17) is 5.26 Å². The summed E-state index contributed by atoms with van der Waals surface area (Å²) in [5.74, 6) is 0. The molecule has 0 amide bonds. The van der Waals surface area contributed by atoms with E-state index < -0.39 is 0 Å². The van der Waals surface area contributed by atoms with E-state index in [1.54, 1.807) is 0 Å². The monoisotopic (exact) mass is 152 g/mol. The van der Waals surface area contributed by atoms with Crippen LogP contribution < -0.4 is 0 Å². The molecule has 1 heterocycles. The van der Waals surface area contributed by atoms with Crippen molar-refractivity contribution in [2.75, 3.05) is 13.6 Å². The first-order valence-corrected chi connectivity index (χ1v) is 4.42. The Labute approximate surface area is 68.8 Å². The number of hydrogen-bond acceptors (Lipinski definition) is 2. The first-order valence-electron chi connectivity index (χ1n) is 4.42. The molecule has 1 aliphatic rings. The first-order chi connectivity index (χ1) is 5.34. The van der Waals surface area contributed by atoms with Gasteiger partial charge in [-0.15, -0.1) is 0 Å². The van der Waals surface area contributed by atoms with E-state index in [2.05, 4.69) is 18.0 Å². The van der Waals surface area contributed by atoms with Gasteiger partial charge in [-0.3, -0.25) is 0 Å². The number of rotatable bonds is 3. The molecule has 1 aliphatic heterocycles. The first kappa shape index (κ1) is 8.55. The van der Waals surface area contributed by atoms with Crippen molar-refractivity contribution in [1.82, 2.24) is 4.90 Å². The maximum absolute atomic E-state index is 8.34. The lowest BCUT2D eigenvalue weighted by Crippen LogP contribution is -2.24. The van der Waals surface area contributed by atoms with Gasteiger partial charge in [0, 0.05) is 12.5 Å². The van der Waals surface area contributed by atoms with Gasteiger partial charge in [-0.25, -0.2) is 0 Å². The van der Waals surface area contributed by atoms with Crippen molar-refractivity contribution in [2.45, 2.75) is 38.1 Å². The van der Waals surface area contributed by atoms with Gasteiger partial charge >= 0.3 is 0 Å². The molecule has 2 nitrogen and oxygen atoms in total. The van der Waals surface area contributed by atoms with Crippen molar-refractivity contribution >= 4 is 0 Å². The molecule has 0 aromatic heterocycles. The largest absolute Gasteiger partial charge is 0.303 e. The molecule has 11 heavy (non-hydrogen) atoms. The maximum Gasteiger partial charge on any atom is 0.0621 e. The lowest BCUT2D eigenvalue weighted by atomic mass is 10.1. The number of unbranched alkanes of at least 4 members (excludes halogenated alkanes) is 1. The second-order valence-electron chi connectivity index (χ2n) is 3.33. The van der Waals surface area contributed by atoms with E-state index in [1.165, 1.54) is 25.8 Å². The highest BCUT2D eigenvalue weighted by Gasteiger charge is 2.19. The van der Waals surface area contributed by atoms with Crippen molar-refractivity contribution in [1.29, 1.82) is 5.26 Å². The number of hydrogen-bond donors (Lipinski definition) is 0. The maximum atomic E-state index is 8.34. The van der Waals surface area contributed by atoms with E-state index in [9.17, 15) is 0 Å². The number of likely N-dealkylation sites (tertiary alicyclic amines) is 1. The van der Waals surface area contributed by atoms with Gasteiger partial charge in [-0.05, 0) is 39.3 Å². The molecule has 1 unspecified atom stereocenters. The standard InChI is InChI=1S/C9H16N2/c1-11-8-4-6-9(11)5-2-3-7-10/h9H,2-6,8H2,1H3. The molecular formula is C9H16N2. The third-order valence-electron chi connectivity index (χ3n) is 2.50. The van der Waals surface area contributed by atoms with Crippen LogP contribution in [0.4, 0.5) is 0 Å². The third kappa shape index (κ3) is 2.51. The average molecular weight is 152 g/mol. The van der Waals surface area contributed by atoms with E-state index >= 15 is 0 Å². The Morgan fingerprint density at radius 1 is 1.64 bits per heavy atom. The van der Waals surface area contributed by atoms with Gasteiger partial charge in [0.2, 0.25) is 0 Å². The Bertz CT molecular complexity index is 148. The lowest BCUT2D eigenvalue weighted by molar-refractivity contribution is 0.293. The number of nitriles is 1. The summed E-state index contributed by atoms with van der Waals surface area (Å²) in [5, 5.41) is 8.34. The predicted octanol–water partition coefficient (Wildman–Crippen LogP) is 1.77. The van der Waals surface area contributed by atoms with Gasteiger partial charge < -0.3 is 4.90 Å². The van der Waals surface area contributed by atoms with Gasteiger partial charge in [0.25, 0.3) is 0 Å². The van der Waals surface area contributed by atoms with Crippen LogP contribution in [-0.2, 0) is 0 Å². The summed E-state index contributed by atoms with van der Waals surface area (Å²) in [6.07, 6.45) is 5.69. The highest BCUT2D eigenvalue weighted by atomic mass is 15.1. The predicted molar refractivity (Wildman–Crippen MR) is 45.1 cm³/mol. The normalized spacial score (nSPS) is 25.3. The van der Waals surface area contributed by atoms with Crippen LogP contribution in [0.15, 0.2) is 0 Å². The van der Waals surface area contributed by atoms with Crippen molar-refractivity contribution < 1.29 is 0 Å². The Balaban J connectivity index is 2.11. The zero-order valence-corrected chi connectivity index (χ0v) is 7.21. The fraction of sp³-hybridized carbons (Fsp3) is 0.889. The minimum absolute atomic E-state index is 0.727. The molecule has 1 saturated heterocycles. The summed E-state index contributed by atoms with van der Waals surface area (Å²) in [7, 11) is 2.18. The van der Waals surface area contributed by atoms with Crippen molar-refractivity contribution in [3.05, 3.63) is 0 Å². The molecule has 0 spiro atoms. The summed E-state index contributed by atoms with van der Waals surface area (Å²) >= 11 is 0. The zero-order chi connectivity index (χ0) is 8.10. The van der Waals surface area contributed by atoms with Gasteiger partial charge in [0.15, 0.2) is 0 Å². The molecule has 0 saturated carbocycles. The zero-order valence-electron chi connectivity index (χ0n) is 7.21. The average Bonchev–Trinajstić information content (AvgIpc) is 2.37. The Morgan fingerprint density at radius 2 is 2.45 bits per heavy atom. The van der Waals surface area contributed by atoms with Crippen LogP contribution in [0.3, 0.4) is 0 Å². The van der Waals surface area contributed by atoms with Crippen LogP contribution in [0, 0.1) is 11.3 Å². The second-order valence-corrected chi connectivity index (χ2v) is 3.33. The van der Waals surface area contributed by atoms with E-state index in [-0.39, 0.29) is 0 Å². The molecule has 0 radical (unpaired) electrons. The molecule has 1 rings (SSSR count). The Hall–Kier alpha value is -0.550. The number of nitrogens with zero attached hydrogens (tertiary/aromatic N) is 2. The summed E-state index contributed by atoms with van der Waals surface area (Å²) in [6.45, 7) is 1.25. The third-order valence-corrected chi connectivity index (χ3v) is 2.50. The Morgan fingerprint density at radius 3 is 3.00 bits per heavy atom. The molecule has 2 heteroatoms. The molecule has 0 aliphatic carbocycles. The molecular weight excluding hydrogens is 136 g/mol. The quantitative estimate of drug-likeness (QED) is 0.576. The second kappa shape index (κ2) is 4.35. The SMILES string of the molecule is CN1CCCC1CCCC#N. The minimum Gasteiger partial charge on any atom is -0.303 e. The van der Waals surface area contributed by atoms with Gasteiger partial charge in [0.1, 0.15) is 0 Å². The van der Waals surface area contributed by atoms with E-state index in [0.717, 1.165) is 18.9 Å². The van der Waals surface area contributed by atoms with E-state index in [1.807, 2.05) is 0 Å². The van der Waals surface area contributed by atoms with Crippen LogP contribution >= 0.6 is 0 Å². The van der Waals surface area contributed by atoms with Gasteiger partial charge in [0.05, 0.1) is 6.07 Å². The Kier molecular flexibility index (Phi) is 3.38. The smallest absolute Gasteiger partial charge is 0.0621 e. The molecule has 0 bridgehead atoms. The molecule has 62 valence electrons. The van der Waals surface area contributed by atoms with Crippen LogP contribution in [0.25, 0.3) is 0 Å². The van der Waals surface area contributed by atoms with Crippen LogP contribution in [0.2, 0.25) is 0 Å². The summed E-state index contributed by atoms with van der Waals surface area (Å²) in [6, 6.07) is 2.95. The van der Waals surface area contributed by atoms with Crippen LogP contribution in [-0.4, -0.2) is 24.5 Å². The molecule has 0 N–H and O–H groups in total. The van der Waals surface area contributed by atoms with Crippen molar-refractivity contribution in [3.63, 3.8) is 0 Å². The summed E-state index contributed by atoms with van der Waals surface area (Å²) < 4.78 is 0. The molecule has 1 atom stereocenters. The highest BCUT2D eigenvalue weighted by Crippen LogP contribution is 2.19. The van der Waals surface area contributed by atoms with Crippen LogP contribution in [0.1, 0.15) is 32.1 Å². The van der Waals surface area contributed by atoms with Crippen molar-refractivity contribution in [2.24, 2.45) is 0 Å².